The van der Waals surface area contributed by atoms with Crippen molar-refractivity contribution in [2.75, 3.05) is 24.3 Å². The van der Waals surface area contributed by atoms with Gasteiger partial charge < -0.3 is 21.1 Å². The Morgan fingerprint density at radius 3 is 2.70 bits per heavy atom. The van der Waals surface area contributed by atoms with Gasteiger partial charge in [0.05, 0.1) is 23.6 Å². The van der Waals surface area contributed by atoms with Crippen LogP contribution in [0.4, 0.5) is 17.5 Å². The largest absolute Gasteiger partial charge is 0.375 e. The molecule has 0 aliphatic heterocycles. The zero-order valence-corrected chi connectivity index (χ0v) is 15.1. The Bertz CT molecular complexity index is 911. The highest BCUT2D eigenvalue weighted by molar-refractivity contribution is 5.97. The minimum Gasteiger partial charge on any atom is -0.375 e. The van der Waals surface area contributed by atoms with Gasteiger partial charge in [0.25, 0.3) is 5.91 Å². The molecule has 0 spiro atoms. The molecule has 9 nitrogen and oxygen atoms in total. The van der Waals surface area contributed by atoms with Crippen molar-refractivity contribution in [2.24, 2.45) is 12.8 Å². The molecule has 2 aromatic heterocycles. The lowest BCUT2D eigenvalue weighted by atomic mass is 10.1. The average Bonchev–Trinajstić information content (AvgIpc) is 3.08. The molecule has 0 aliphatic rings. The van der Waals surface area contributed by atoms with Crippen molar-refractivity contribution in [3.8, 4) is 0 Å². The molecule has 3 aromatic rings. The molecule has 0 bridgehead atoms. The van der Waals surface area contributed by atoms with E-state index < -0.39 is 5.91 Å². The van der Waals surface area contributed by atoms with Gasteiger partial charge in [-0.2, -0.15) is 10.1 Å². The Morgan fingerprint density at radius 2 is 2.07 bits per heavy atom. The number of carbonyl (C=O) groups is 1. The van der Waals surface area contributed by atoms with E-state index >= 15 is 0 Å². The molecule has 1 atom stereocenters. The first-order valence-corrected chi connectivity index (χ1v) is 8.31. The zero-order valence-electron chi connectivity index (χ0n) is 15.1. The summed E-state index contributed by atoms with van der Waals surface area (Å²) in [5.41, 5.74) is 7.39. The number of primary amides is 1. The number of nitrogens with zero attached hydrogens (tertiary/aromatic N) is 4. The summed E-state index contributed by atoms with van der Waals surface area (Å²) in [7, 11) is 3.44. The number of amides is 1. The van der Waals surface area contributed by atoms with E-state index in [2.05, 4.69) is 25.7 Å². The summed E-state index contributed by atoms with van der Waals surface area (Å²) in [4.78, 5) is 20.2. The Hall–Kier alpha value is -3.46. The van der Waals surface area contributed by atoms with Crippen molar-refractivity contribution in [3.05, 3.63) is 60.0 Å². The molecular weight excluding hydrogens is 346 g/mol. The number of aryl methyl sites for hydroxylation is 1. The first kappa shape index (κ1) is 18.3. The van der Waals surface area contributed by atoms with Crippen LogP contribution in [0.1, 0.15) is 22.0 Å². The fraction of sp³-hybridized carbons (Fsp3) is 0.222. The van der Waals surface area contributed by atoms with Gasteiger partial charge in [-0.05, 0) is 5.56 Å². The molecule has 1 unspecified atom stereocenters. The van der Waals surface area contributed by atoms with Crippen LogP contribution in [-0.2, 0) is 11.8 Å². The van der Waals surface area contributed by atoms with Crippen LogP contribution in [0.25, 0.3) is 0 Å². The third-order valence-corrected chi connectivity index (χ3v) is 3.93. The lowest BCUT2D eigenvalue weighted by Gasteiger charge is -2.18. The number of anilines is 3. The predicted octanol–water partition coefficient (Wildman–Crippen LogP) is 1.85. The number of ether oxygens (including phenoxy) is 1. The van der Waals surface area contributed by atoms with Gasteiger partial charge in [-0.15, -0.1) is 0 Å². The summed E-state index contributed by atoms with van der Waals surface area (Å²) < 4.78 is 7.19. The molecular formula is C18H21N7O2. The van der Waals surface area contributed by atoms with Crippen molar-refractivity contribution in [3.63, 3.8) is 0 Å². The summed E-state index contributed by atoms with van der Waals surface area (Å²) >= 11 is 0. The maximum Gasteiger partial charge on any atom is 0.254 e. The fourth-order valence-electron chi connectivity index (χ4n) is 2.57. The second-order valence-electron chi connectivity index (χ2n) is 5.86. The molecule has 4 N–H and O–H groups in total. The van der Waals surface area contributed by atoms with Gasteiger partial charge in [-0.25, -0.2) is 4.98 Å². The highest BCUT2D eigenvalue weighted by atomic mass is 16.5. The molecule has 2 heterocycles. The fourth-order valence-corrected chi connectivity index (χ4v) is 2.57. The third kappa shape index (κ3) is 4.59. The Kier molecular flexibility index (Phi) is 5.62. The van der Waals surface area contributed by atoms with Crippen molar-refractivity contribution >= 4 is 23.4 Å². The van der Waals surface area contributed by atoms with Crippen LogP contribution in [0, 0.1) is 0 Å². The number of aromatic nitrogens is 4. The van der Waals surface area contributed by atoms with E-state index in [1.165, 1.54) is 6.20 Å². The van der Waals surface area contributed by atoms with Gasteiger partial charge in [0, 0.05) is 33.1 Å². The molecule has 0 fully saturated rings. The molecule has 0 saturated carbocycles. The summed E-state index contributed by atoms with van der Waals surface area (Å²) in [6.07, 6.45) is 4.61. The number of rotatable bonds is 8. The van der Waals surface area contributed by atoms with E-state index in [0.717, 1.165) is 11.3 Å². The standard InChI is InChI=1S/C18H21N7O2/c1-25-11-13(8-22-25)23-18-21-9-14(16(19)26)17(24-18)20-10-15(27-2)12-6-4-3-5-7-12/h3-9,11,15H,10H2,1-2H3,(H2,19,26)(H2,20,21,23,24). The number of hydrogen-bond donors (Lipinski definition) is 3. The van der Waals surface area contributed by atoms with Gasteiger partial charge >= 0.3 is 0 Å². The van der Waals surface area contributed by atoms with Crippen molar-refractivity contribution in [2.45, 2.75) is 6.10 Å². The summed E-state index contributed by atoms with van der Waals surface area (Å²) in [5, 5.41) is 10.3. The van der Waals surface area contributed by atoms with E-state index in [1.807, 2.05) is 37.4 Å². The zero-order chi connectivity index (χ0) is 19.2. The van der Waals surface area contributed by atoms with Crippen LogP contribution in [0.5, 0.6) is 0 Å². The lowest BCUT2D eigenvalue weighted by molar-refractivity contribution is 0.0999. The van der Waals surface area contributed by atoms with Gasteiger partial charge in [0.15, 0.2) is 0 Å². The average molecular weight is 367 g/mol. The molecule has 0 radical (unpaired) electrons. The minimum absolute atomic E-state index is 0.203. The van der Waals surface area contributed by atoms with Crippen molar-refractivity contribution in [1.82, 2.24) is 19.7 Å². The SMILES string of the molecule is COC(CNc1nc(Nc2cnn(C)c2)ncc1C(N)=O)c1ccccc1. The first-order valence-electron chi connectivity index (χ1n) is 8.31. The van der Waals surface area contributed by atoms with Gasteiger partial charge in [0.2, 0.25) is 5.95 Å². The summed E-state index contributed by atoms with van der Waals surface area (Å²) in [5.74, 6) is 0.0464. The van der Waals surface area contributed by atoms with E-state index in [9.17, 15) is 4.79 Å². The second-order valence-corrected chi connectivity index (χ2v) is 5.86. The molecule has 0 aliphatic carbocycles. The monoisotopic (exact) mass is 367 g/mol. The van der Waals surface area contributed by atoms with Gasteiger partial charge in [0.1, 0.15) is 5.82 Å². The maximum atomic E-state index is 11.7. The molecule has 3 rings (SSSR count). The molecule has 1 aromatic carbocycles. The van der Waals surface area contributed by atoms with Crippen LogP contribution in [-0.4, -0.2) is 39.3 Å². The van der Waals surface area contributed by atoms with E-state index in [-0.39, 0.29) is 11.7 Å². The number of carbonyl (C=O) groups excluding carboxylic acids is 1. The van der Waals surface area contributed by atoms with E-state index in [1.54, 1.807) is 24.2 Å². The highest BCUT2D eigenvalue weighted by Gasteiger charge is 2.15. The normalized spacial score (nSPS) is 11.8. The number of nitrogens with one attached hydrogen (secondary N) is 2. The Morgan fingerprint density at radius 1 is 1.30 bits per heavy atom. The predicted molar refractivity (Wildman–Crippen MR) is 102 cm³/mol. The van der Waals surface area contributed by atoms with E-state index in [0.29, 0.717) is 18.3 Å². The summed E-state index contributed by atoms with van der Waals surface area (Å²) in [6.45, 7) is 0.407. The smallest absolute Gasteiger partial charge is 0.254 e. The topological polar surface area (TPSA) is 120 Å². The van der Waals surface area contributed by atoms with Crippen LogP contribution in [0.2, 0.25) is 0 Å². The molecule has 140 valence electrons. The number of benzene rings is 1. The van der Waals surface area contributed by atoms with E-state index in [4.69, 9.17) is 10.5 Å². The first-order chi connectivity index (χ1) is 13.1. The quantitative estimate of drug-likeness (QED) is 0.556. The Labute approximate surface area is 156 Å². The molecule has 0 saturated heterocycles. The van der Waals surface area contributed by atoms with Crippen LogP contribution < -0.4 is 16.4 Å². The third-order valence-electron chi connectivity index (χ3n) is 3.93. The van der Waals surface area contributed by atoms with Crippen LogP contribution in [0.3, 0.4) is 0 Å². The summed E-state index contributed by atoms with van der Waals surface area (Å²) in [6, 6.07) is 9.77. The van der Waals surface area contributed by atoms with Gasteiger partial charge in [-0.1, -0.05) is 30.3 Å². The lowest BCUT2D eigenvalue weighted by Crippen LogP contribution is -2.20. The number of nitrogens with two attached hydrogens (primary N) is 1. The molecule has 1 amide bonds. The Balaban J connectivity index is 1.79. The maximum absolute atomic E-state index is 11.7. The van der Waals surface area contributed by atoms with Crippen LogP contribution >= 0.6 is 0 Å². The minimum atomic E-state index is -0.612. The second kappa shape index (κ2) is 8.28. The number of hydrogen-bond acceptors (Lipinski definition) is 7. The van der Waals surface area contributed by atoms with Crippen molar-refractivity contribution in [1.29, 1.82) is 0 Å². The van der Waals surface area contributed by atoms with Crippen LogP contribution in [0.15, 0.2) is 48.9 Å². The highest BCUT2D eigenvalue weighted by Crippen LogP contribution is 2.20. The molecule has 27 heavy (non-hydrogen) atoms. The van der Waals surface area contributed by atoms with Crippen molar-refractivity contribution < 1.29 is 9.53 Å². The number of methoxy groups -OCH3 is 1. The molecule has 9 heteroatoms. The van der Waals surface area contributed by atoms with Gasteiger partial charge in [-0.3, -0.25) is 9.48 Å².